The fourth-order valence-electron chi connectivity index (χ4n) is 4.14. The minimum absolute atomic E-state index is 0.0759. The van der Waals surface area contributed by atoms with E-state index in [9.17, 15) is 9.90 Å². The molecule has 5 nitrogen and oxygen atoms in total. The van der Waals surface area contributed by atoms with Gasteiger partial charge in [0, 0.05) is 19.3 Å². The van der Waals surface area contributed by atoms with Gasteiger partial charge in [0.05, 0.1) is 7.05 Å². The zero-order chi connectivity index (χ0) is 15.3. The maximum Gasteiger partial charge on any atom is 0.335 e. The number of piperidine rings is 1. The van der Waals surface area contributed by atoms with Crippen molar-refractivity contribution in [2.45, 2.75) is 55.8 Å². The van der Waals surface area contributed by atoms with Gasteiger partial charge >= 0.3 is 5.97 Å². The Morgan fingerprint density at radius 3 is 2.59 bits per heavy atom. The number of hydrogen-bond acceptors (Lipinski definition) is 4. The Kier molecular flexibility index (Phi) is 3.44. The fourth-order valence-corrected chi connectivity index (χ4v) is 4.14. The quantitative estimate of drug-likeness (QED) is 0.572. The van der Waals surface area contributed by atoms with E-state index in [1.807, 2.05) is 30.3 Å². The molecule has 4 rings (SSSR count). The van der Waals surface area contributed by atoms with Crippen molar-refractivity contribution in [3.63, 3.8) is 0 Å². The van der Waals surface area contributed by atoms with Crippen molar-refractivity contribution in [3.8, 4) is 0 Å². The van der Waals surface area contributed by atoms with Gasteiger partial charge < -0.3 is 19.5 Å². The third-order valence-corrected chi connectivity index (χ3v) is 5.38. The molecule has 0 spiro atoms. The third-order valence-electron chi connectivity index (χ3n) is 5.38. The Labute approximate surface area is 129 Å². The number of morpholine rings is 1. The number of nitrogens with one attached hydrogen (secondary N) is 1. The van der Waals surface area contributed by atoms with Crippen LogP contribution in [-0.2, 0) is 20.7 Å². The van der Waals surface area contributed by atoms with Gasteiger partial charge in [-0.3, -0.25) is 0 Å². The van der Waals surface area contributed by atoms with E-state index in [-0.39, 0.29) is 6.10 Å². The molecule has 3 saturated heterocycles. The molecule has 2 N–H and O–H groups in total. The summed E-state index contributed by atoms with van der Waals surface area (Å²) in [6.07, 6.45) is 1.55. The summed E-state index contributed by atoms with van der Waals surface area (Å²) in [4.78, 5) is 13.6. The molecule has 0 aliphatic carbocycles. The van der Waals surface area contributed by atoms with Crippen LogP contribution in [0, 0.1) is 0 Å². The number of rotatable bonds is 4. The Balaban J connectivity index is 1.33. The van der Waals surface area contributed by atoms with Crippen LogP contribution in [0.1, 0.15) is 18.4 Å². The van der Waals surface area contributed by atoms with Gasteiger partial charge in [-0.05, 0) is 5.56 Å². The number of aliphatic hydroxyl groups excluding tert-OH is 1. The standard InChI is InChI=1S/C17H21NO4/c1-18-12-8-11(9-13(18)16-15(12)22-16)21-17(20)14(19)7-10-5-3-2-4-6-10/h2-6,11-16,19H,7-9H2,1H3/p+1/t11?,12-,13+,14-,15-,16+/m1/s1. The van der Waals surface area contributed by atoms with E-state index in [1.54, 1.807) is 0 Å². The summed E-state index contributed by atoms with van der Waals surface area (Å²) in [7, 11) is 2.20. The molecule has 2 bridgehead atoms. The Morgan fingerprint density at radius 2 is 1.95 bits per heavy atom. The minimum Gasteiger partial charge on any atom is -0.460 e. The highest BCUT2D eigenvalue weighted by Gasteiger charge is 2.66. The number of epoxide rings is 1. The van der Waals surface area contributed by atoms with Crippen molar-refractivity contribution in [1.82, 2.24) is 0 Å². The Bertz CT molecular complexity index is 545. The second-order valence-electron chi connectivity index (χ2n) is 6.76. The molecule has 1 aromatic carbocycles. The van der Waals surface area contributed by atoms with Crippen LogP contribution in [0.15, 0.2) is 30.3 Å². The molecule has 3 heterocycles. The molecule has 0 amide bonds. The summed E-state index contributed by atoms with van der Waals surface area (Å²) < 4.78 is 11.2. The molecule has 0 saturated carbocycles. The number of ether oxygens (including phenoxy) is 2. The van der Waals surface area contributed by atoms with Gasteiger partial charge in [-0.2, -0.15) is 0 Å². The van der Waals surface area contributed by atoms with E-state index in [0.717, 1.165) is 18.4 Å². The first-order chi connectivity index (χ1) is 10.6. The van der Waals surface area contributed by atoms with Crippen LogP contribution in [0.5, 0.6) is 0 Å². The third kappa shape index (κ3) is 2.43. The lowest BCUT2D eigenvalue weighted by atomic mass is 9.99. The monoisotopic (exact) mass is 304 g/mol. The molecule has 5 heteroatoms. The first kappa shape index (κ1) is 14.2. The molecule has 1 aromatic rings. The predicted molar refractivity (Wildman–Crippen MR) is 78.4 cm³/mol. The number of quaternary nitrogens is 1. The lowest BCUT2D eigenvalue weighted by Crippen LogP contribution is -3.17. The molecular formula is C17H22NO4+. The van der Waals surface area contributed by atoms with E-state index in [0.29, 0.717) is 30.7 Å². The zero-order valence-electron chi connectivity index (χ0n) is 12.6. The lowest BCUT2D eigenvalue weighted by Gasteiger charge is -2.35. The molecule has 3 aliphatic rings. The topological polar surface area (TPSA) is 63.5 Å². The molecular weight excluding hydrogens is 282 g/mol. The van der Waals surface area contributed by atoms with Crippen LogP contribution < -0.4 is 4.90 Å². The molecule has 7 atom stereocenters. The summed E-state index contributed by atoms with van der Waals surface area (Å²) in [5.41, 5.74) is 0.939. The van der Waals surface area contributed by atoms with Crippen LogP contribution in [0.4, 0.5) is 0 Å². The summed E-state index contributed by atoms with van der Waals surface area (Å²) >= 11 is 0. The SMILES string of the molecule is C[NH+]1[C@@H]2CC(OC(=O)[C@H](O)Cc3ccccc3)C[C@H]1[C@@H]1O[C@@H]12. The smallest absolute Gasteiger partial charge is 0.335 e. The Morgan fingerprint density at radius 1 is 1.32 bits per heavy atom. The number of fused-ring (bicyclic) bond motifs is 5. The van der Waals surface area contributed by atoms with Crippen LogP contribution in [0.25, 0.3) is 0 Å². The molecule has 118 valence electrons. The normalized spacial score (nSPS) is 39.9. The number of hydrogen-bond donors (Lipinski definition) is 2. The number of benzene rings is 1. The van der Waals surface area contributed by atoms with Gasteiger partial charge in [0.1, 0.15) is 30.4 Å². The van der Waals surface area contributed by atoms with E-state index < -0.39 is 12.1 Å². The molecule has 0 aromatic heterocycles. The zero-order valence-corrected chi connectivity index (χ0v) is 12.6. The second kappa shape index (κ2) is 5.33. The van der Waals surface area contributed by atoms with Crippen molar-refractivity contribution in [2.24, 2.45) is 0 Å². The van der Waals surface area contributed by atoms with Crippen molar-refractivity contribution >= 4 is 5.97 Å². The summed E-state index contributed by atoms with van der Waals surface area (Å²) in [5.74, 6) is -0.498. The molecule has 3 aliphatic heterocycles. The number of carbonyl (C=O) groups is 1. The van der Waals surface area contributed by atoms with Gasteiger partial charge in [-0.25, -0.2) is 4.79 Å². The van der Waals surface area contributed by atoms with Crippen LogP contribution in [0.3, 0.4) is 0 Å². The van der Waals surface area contributed by atoms with Gasteiger partial charge in [-0.15, -0.1) is 0 Å². The summed E-state index contributed by atoms with van der Waals surface area (Å²) in [6.45, 7) is 0. The van der Waals surface area contributed by atoms with Crippen molar-refractivity contribution in [2.75, 3.05) is 7.05 Å². The highest BCUT2D eigenvalue weighted by Crippen LogP contribution is 2.39. The first-order valence-electron chi connectivity index (χ1n) is 8.05. The number of likely N-dealkylation sites (N-methyl/N-ethyl adjacent to an activating group) is 1. The van der Waals surface area contributed by atoms with E-state index in [4.69, 9.17) is 9.47 Å². The van der Waals surface area contributed by atoms with Gasteiger partial charge in [-0.1, -0.05) is 30.3 Å². The molecule has 0 radical (unpaired) electrons. The maximum absolute atomic E-state index is 12.1. The second-order valence-corrected chi connectivity index (χ2v) is 6.76. The Hall–Kier alpha value is -1.43. The number of aliphatic hydroxyl groups is 1. The number of carbonyl (C=O) groups excluding carboxylic acids is 1. The predicted octanol–water partition coefficient (Wildman–Crippen LogP) is -0.671. The average Bonchev–Trinajstić information content (AvgIpc) is 3.26. The summed E-state index contributed by atoms with van der Waals surface area (Å²) in [6, 6.07) is 10.4. The van der Waals surface area contributed by atoms with Crippen molar-refractivity contribution in [3.05, 3.63) is 35.9 Å². The average molecular weight is 304 g/mol. The van der Waals surface area contributed by atoms with Crippen molar-refractivity contribution < 1.29 is 24.3 Å². The molecule has 22 heavy (non-hydrogen) atoms. The van der Waals surface area contributed by atoms with Gasteiger partial charge in [0.15, 0.2) is 6.10 Å². The maximum atomic E-state index is 12.1. The molecule has 3 fully saturated rings. The summed E-state index contributed by atoms with van der Waals surface area (Å²) in [5, 5.41) is 10.1. The fraction of sp³-hybridized carbons (Fsp3) is 0.588. The minimum atomic E-state index is -1.09. The van der Waals surface area contributed by atoms with Gasteiger partial charge in [0.2, 0.25) is 0 Å². The lowest BCUT2D eigenvalue weighted by molar-refractivity contribution is -0.930. The van der Waals surface area contributed by atoms with Crippen LogP contribution >= 0.6 is 0 Å². The van der Waals surface area contributed by atoms with Crippen LogP contribution in [0.2, 0.25) is 0 Å². The van der Waals surface area contributed by atoms with E-state index in [1.165, 1.54) is 4.90 Å². The van der Waals surface area contributed by atoms with Crippen molar-refractivity contribution in [1.29, 1.82) is 0 Å². The molecule has 2 unspecified atom stereocenters. The first-order valence-corrected chi connectivity index (χ1v) is 8.05. The van der Waals surface area contributed by atoms with E-state index in [2.05, 4.69) is 7.05 Å². The highest BCUT2D eigenvalue weighted by atomic mass is 16.6. The van der Waals surface area contributed by atoms with E-state index >= 15 is 0 Å². The number of esters is 1. The van der Waals surface area contributed by atoms with Gasteiger partial charge in [0.25, 0.3) is 0 Å². The largest absolute Gasteiger partial charge is 0.460 e. The highest BCUT2D eigenvalue weighted by molar-refractivity contribution is 5.75. The van der Waals surface area contributed by atoms with Crippen LogP contribution in [-0.4, -0.2) is 54.6 Å².